The Morgan fingerprint density at radius 2 is 0.883 bits per heavy atom. The van der Waals surface area contributed by atoms with Crippen LogP contribution in [-0.2, 0) is 0 Å². The van der Waals surface area contributed by atoms with E-state index in [1.165, 1.54) is 36.3 Å². The molecule has 12 aromatic rings. The van der Waals surface area contributed by atoms with Crippen LogP contribution in [0.2, 0.25) is 0 Å². The Hall–Kier alpha value is -7.73. The fourth-order valence-electron chi connectivity index (χ4n) is 8.81. The fraction of sp³-hybridized carbons (Fsp3) is 0. The number of benzene rings is 9. The van der Waals surface area contributed by atoms with E-state index in [0.29, 0.717) is 17.5 Å². The average Bonchev–Trinajstić information content (AvgIpc) is 3.87. The van der Waals surface area contributed by atoms with Crippen LogP contribution in [-0.4, -0.2) is 19.5 Å². The summed E-state index contributed by atoms with van der Waals surface area (Å²) in [6, 6.07) is 73.4. The van der Waals surface area contributed by atoms with Crippen LogP contribution in [0, 0.1) is 0 Å². The number of thiophene rings is 1. The van der Waals surface area contributed by atoms with Crippen LogP contribution in [0.25, 0.3) is 115 Å². The molecule has 0 atom stereocenters. The maximum atomic E-state index is 5.42. The standard InChI is InChI=1S/C55H34N4S/c1-3-15-35(16-4-1)37-27-30-46(50(33-37)59-48-24-12-9-21-42(48)43-22-10-13-25-49(43)59)55-57-53(36-17-5-2-6-18-36)56-54(58-55)40-31-38-19-7-8-20-41(38)47(32-40)39-28-29-45-44-23-11-14-26-51(44)60-52(45)34-39/h1-34H. The first kappa shape index (κ1) is 34.3. The van der Waals surface area contributed by atoms with E-state index in [1.54, 1.807) is 0 Å². The molecule has 0 saturated carbocycles. The molecular weight excluding hydrogens is 749 g/mol. The van der Waals surface area contributed by atoms with Gasteiger partial charge in [-0.25, -0.2) is 15.0 Å². The van der Waals surface area contributed by atoms with Gasteiger partial charge in [0.15, 0.2) is 17.5 Å². The summed E-state index contributed by atoms with van der Waals surface area (Å²) in [6.45, 7) is 0. The summed E-state index contributed by atoms with van der Waals surface area (Å²) in [5.41, 5.74) is 10.6. The first-order valence-corrected chi connectivity index (χ1v) is 21.0. The molecule has 0 aliphatic heterocycles. The van der Waals surface area contributed by atoms with E-state index in [4.69, 9.17) is 15.0 Å². The molecule has 0 fully saturated rings. The average molecular weight is 783 g/mol. The first-order chi connectivity index (χ1) is 29.7. The molecule has 5 heteroatoms. The molecule has 0 spiro atoms. The molecule has 60 heavy (non-hydrogen) atoms. The Bertz CT molecular complexity index is 3550. The van der Waals surface area contributed by atoms with Gasteiger partial charge in [0.25, 0.3) is 0 Å². The zero-order chi connectivity index (χ0) is 39.6. The van der Waals surface area contributed by atoms with Crippen LogP contribution in [0.4, 0.5) is 0 Å². The number of aromatic nitrogens is 4. The van der Waals surface area contributed by atoms with Gasteiger partial charge in [-0.15, -0.1) is 11.3 Å². The van der Waals surface area contributed by atoms with Gasteiger partial charge >= 0.3 is 0 Å². The summed E-state index contributed by atoms with van der Waals surface area (Å²) in [4.78, 5) is 16.0. The second kappa shape index (κ2) is 14.0. The van der Waals surface area contributed by atoms with E-state index in [1.807, 2.05) is 29.5 Å². The second-order valence-electron chi connectivity index (χ2n) is 15.2. The summed E-state index contributed by atoms with van der Waals surface area (Å²) in [5, 5.41) is 7.29. The number of hydrogen-bond acceptors (Lipinski definition) is 4. The van der Waals surface area contributed by atoms with Gasteiger partial charge in [-0.2, -0.15) is 0 Å². The van der Waals surface area contributed by atoms with E-state index >= 15 is 0 Å². The Labute approximate surface area is 350 Å². The number of fused-ring (bicyclic) bond motifs is 7. The highest BCUT2D eigenvalue weighted by Crippen LogP contribution is 2.41. The van der Waals surface area contributed by atoms with Crippen molar-refractivity contribution >= 4 is 64.1 Å². The molecule has 0 saturated heterocycles. The van der Waals surface area contributed by atoms with Gasteiger partial charge in [-0.3, -0.25) is 0 Å². The molecule has 3 aromatic heterocycles. The molecule has 12 rings (SSSR count). The lowest BCUT2D eigenvalue weighted by molar-refractivity contribution is 1.06. The van der Waals surface area contributed by atoms with Crippen molar-refractivity contribution < 1.29 is 0 Å². The summed E-state index contributed by atoms with van der Waals surface area (Å²) >= 11 is 1.84. The minimum atomic E-state index is 0.608. The van der Waals surface area contributed by atoms with Crippen LogP contribution in [0.1, 0.15) is 0 Å². The molecule has 0 aliphatic rings. The molecule has 0 N–H and O–H groups in total. The zero-order valence-corrected chi connectivity index (χ0v) is 33.1. The Balaban J connectivity index is 1.11. The van der Waals surface area contributed by atoms with Crippen molar-refractivity contribution in [3.05, 3.63) is 206 Å². The van der Waals surface area contributed by atoms with Crippen LogP contribution >= 0.6 is 11.3 Å². The van der Waals surface area contributed by atoms with Crippen molar-refractivity contribution in [1.82, 2.24) is 19.5 Å². The minimum Gasteiger partial charge on any atom is -0.308 e. The van der Waals surface area contributed by atoms with E-state index in [-0.39, 0.29) is 0 Å². The molecule has 3 heterocycles. The van der Waals surface area contributed by atoms with Crippen LogP contribution < -0.4 is 0 Å². The lowest BCUT2D eigenvalue weighted by Gasteiger charge is -2.17. The fourth-order valence-corrected chi connectivity index (χ4v) is 9.96. The van der Waals surface area contributed by atoms with Crippen LogP contribution in [0.15, 0.2) is 206 Å². The van der Waals surface area contributed by atoms with Crippen molar-refractivity contribution in [3.8, 4) is 62.1 Å². The van der Waals surface area contributed by atoms with Gasteiger partial charge in [-0.05, 0) is 81.6 Å². The largest absolute Gasteiger partial charge is 0.308 e. The lowest BCUT2D eigenvalue weighted by atomic mass is 9.94. The molecule has 280 valence electrons. The molecule has 4 nitrogen and oxygen atoms in total. The second-order valence-corrected chi connectivity index (χ2v) is 16.3. The van der Waals surface area contributed by atoms with Gasteiger partial charge < -0.3 is 4.57 Å². The third kappa shape index (κ3) is 5.70. The van der Waals surface area contributed by atoms with Gasteiger partial charge in [0.05, 0.1) is 16.7 Å². The summed E-state index contributed by atoms with van der Waals surface area (Å²) < 4.78 is 4.94. The van der Waals surface area contributed by atoms with Crippen molar-refractivity contribution in [2.75, 3.05) is 0 Å². The highest BCUT2D eigenvalue weighted by molar-refractivity contribution is 7.25. The molecule has 0 unspecified atom stereocenters. The Kier molecular flexibility index (Phi) is 8.00. The Morgan fingerprint density at radius 3 is 1.63 bits per heavy atom. The Morgan fingerprint density at radius 1 is 0.317 bits per heavy atom. The molecular formula is C55H34N4S. The maximum absolute atomic E-state index is 5.42. The van der Waals surface area contributed by atoms with Crippen LogP contribution in [0.3, 0.4) is 0 Å². The molecule has 0 radical (unpaired) electrons. The quantitative estimate of drug-likeness (QED) is 0.169. The highest BCUT2D eigenvalue weighted by Gasteiger charge is 2.21. The normalized spacial score (nSPS) is 11.7. The minimum absolute atomic E-state index is 0.608. The maximum Gasteiger partial charge on any atom is 0.166 e. The highest BCUT2D eigenvalue weighted by atomic mass is 32.1. The van der Waals surface area contributed by atoms with Gasteiger partial charge in [0.2, 0.25) is 0 Å². The van der Waals surface area contributed by atoms with E-state index < -0.39 is 0 Å². The number of nitrogens with zero attached hydrogens (tertiary/aromatic N) is 4. The molecule has 0 amide bonds. The summed E-state index contributed by atoms with van der Waals surface area (Å²) in [6.07, 6.45) is 0. The smallest absolute Gasteiger partial charge is 0.166 e. The number of para-hydroxylation sites is 2. The number of rotatable bonds is 6. The third-order valence-corrected chi connectivity index (χ3v) is 12.8. The summed E-state index contributed by atoms with van der Waals surface area (Å²) in [7, 11) is 0. The lowest BCUT2D eigenvalue weighted by Crippen LogP contribution is -2.04. The van der Waals surface area contributed by atoms with Crippen molar-refractivity contribution in [2.45, 2.75) is 0 Å². The molecule has 0 aliphatic carbocycles. The van der Waals surface area contributed by atoms with Gasteiger partial charge in [0.1, 0.15) is 0 Å². The van der Waals surface area contributed by atoms with Crippen molar-refractivity contribution in [2.24, 2.45) is 0 Å². The van der Waals surface area contributed by atoms with Crippen molar-refractivity contribution in [3.63, 3.8) is 0 Å². The predicted molar refractivity (Wildman–Crippen MR) is 252 cm³/mol. The van der Waals surface area contributed by atoms with Gasteiger partial charge in [-0.1, -0.05) is 158 Å². The van der Waals surface area contributed by atoms with E-state index in [2.05, 4.69) is 193 Å². The van der Waals surface area contributed by atoms with E-state index in [0.717, 1.165) is 61.1 Å². The number of hydrogen-bond donors (Lipinski definition) is 0. The van der Waals surface area contributed by atoms with Crippen LogP contribution in [0.5, 0.6) is 0 Å². The van der Waals surface area contributed by atoms with Crippen molar-refractivity contribution in [1.29, 1.82) is 0 Å². The third-order valence-electron chi connectivity index (χ3n) is 11.6. The molecule has 9 aromatic carbocycles. The summed E-state index contributed by atoms with van der Waals surface area (Å²) in [5.74, 6) is 1.85. The van der Waals surface area contributed by atoms with E-state index in [9.17, 15) is 0 Å². The predicted octanol–water partition coefficient (Wildman–Crippen LogP) is 14.8. The monoisotopic (exact) mass is 782 g/mol. The zero-order valence-electron chi connectivity index (χ0n) is 32.3. The molecule has 0 bridgehead atoms. The van der Waals surface area contributed by atoms with Gasteiger partial charge in [0, 0.05) is 47.6 Å². The first-order valence-electron chi connectivity index (χ1n) is 20.2. The topological polar surface area (TPSA) is 43.6 Å². The SMILES string of the molecule is c1ccc(-c2ccc(-c3nc(-c4ccccc4)nc(-c4cc(-c5ccc6c(c5)sc5ccccc56)c5ccccc5c4)n3)c(-n3c4ccccc4c4ccccc43)c2)cc1.